The van der Waals surface area contributed by atoms with Crippen molar-refractivity contribution in [3.63, 3.8) is 0 Å². The number of aryl methyl sites for hydroxylation is 1. The molecule has 1 N–H and O–H groups in total. The third-order valence-corrected chi connectivity index (χ3v) is 4.31. The van der Waals surface area contributed by atoms with Crippen LogP contribution in [-0.2, 0) is 12.8 Å². The molecule has 2 nitrogen and oxygen atoms in total. The molecular weight excluding hydrogens is 282 g/mol. The number of hydrogen-bond acceptors (Lipinski definition) is 2. The predicted molar refractivity (Wildman–Crippen MR) is 87.2 cm³/mol. The molecular formula is C18H20ClNO. The van der Waals surface area contributed by atoms with Crippen LogP contribution >= 0.6 is 11.6 Å². The van der Waals surface area contributed by atoms with Crippen LogP contribution in [0.1, 0.15) is 29.2 Å². The summed E-state index contributed by atoms with van der Waals surface area (Å²) in [5.74, 6) is 1.05. The number of hydrogen-bond donors (Lipinski definition) is 1. The van der Waals surface area contributed by atoms with Gasteiger partial charge in [0.25, 0.3) is 0 Å². The van der Waals surface area contributed by atoms with E-state index in [1.54, 1.807) is 0 Å². The van der Waals surface area contributed by atoms with Gasteiger partial charge in [0.05, 0.1) is 6.61 Å². The van der Waals surface area contributed by atoms with E-state index in [1.807, 2.05) is 25.2 Å². The van der Waals surface area contributed by atoms with E-state index in [4.69, 9.17) is 16.3 Å². The molecule has 3 heteroatoms. The Bertz CT molecular complexity index is 626. The molecule has 0 spiro atoms. The molecule has 3 rings (SSSR count). The highest BCUT2D eigenvalue weighted by molar-refractivity contribution is 6.30. The lowest BCUT2D eigenvalue weighted by Crippen LogP contribution is -2.17. The van der Waals surface area contributed by atoms with Crippen LogP contribution in [0.15, 0.2) is 42.5 Å². The number of fused-ring (bicyclic) bond motifs is 1. The van der Waals surface area contributed by atoms with Gasteiger partial charge in [-0.05, 0) is 54.8 Å². The monoisotopic (exact) mass is 301 g/mol. The van der Waals surface area contributed by atoms with Gasteiger partial charge in [0.15, 0.2) is 0 Å². The maximum absolute atomic E-state index is 6.09. The quantitative estimate of drug-likeness (QED) is 0.895. The molecule has 0 aliphatic carbocycles. The second kappa shape index (κ2) is 6.50. The van der Waals surface area contributed by atoms with Gasteiger partial charge in [-0.15, -0.1) is 0 Å². The first kappa shape index (κ1) is 14.4. The summed E-state index contributed by atoms with van der Waals surface area (Å²) < 4.78 is 5.56. The highest BCUT2D eigenvalue weighted by Gasteiger charge is 2.13. The molecule has 2 aromatic rings. The average Bonchev–Trinajstić information content (AvgIpc) is 2.95. The van der Waals surface area contributed by atoms with Gasteiger partial charge < -0.3 is 10.1 Å². The zero-order chi connectivity index (χ0) is 14.7. The Morgan fingerprint density at radius 1 is 1.24 bits per heavy atom. The van der Waals surface area contributed by atoms with Gasteiger partial charge >= 0.3 is 0 Å². The molecule has 1 aliphatic heterocycles. The first-order valence-corrected chi connectivity index (χ1v) is 7.81. The van der Waals surface area contributed by atoms with Crippen molar-refractivity contribution in [1.82, 2.24) is 5.32 Å². The minimum Gasteiger partial charge on any atom is -0.493 e. The predicted octanol–water partition coefficient (Wildman–Crippen LogP) is 4.17. The maximum Gasteiger partial charge on any atom is 0.122 e. The molecule has 0 saturated carbocycles. The maximum atomic E-state index is 6.09. The summed E-state index contributed by atoms with van der Waals surface area (Å²) >= 11 is 6.09. The zero-order valence-corrected chi connectivity index (χ0v) is 13.0. The second-order valence-corrected chi connectivity index (χ2v) is 5.91. The van der Waals surface area contributed by atoms with Gasteiger partial charge in [-0.1, -0.05) is 35.9 Å². The summed E-state index contributed by atoms with van der Waals surface area (Å²) in [6.45, 7) is 0.820. The first-order chi connectivity index (χ1) is 10.3. The summed E-state index contributed by atoms with van der Waals surface area (Å²) in [5.41, 5.74) is 3.97. The van der Waals surface area contributed by atoms with Crippen molar-refractivity contribution >= 4 is 11.6 Å². The van der Waals surface area contributed by atoms with Crippen LogP contribution in [0, 0.1) is 0 Å². The largest absolute Gasteiger partial charge is 0.493 e. The standard InChI is InChI=1S/C18H20ClNO/c1-20-17(14-3-2-4-16(19)12-14)7-5-13-6-8-18-15(11-13)9-10-21-18/h2-4,6,8,11-12,17,20H,5,7,9-10H2,1H3. The van der Waals surface area contributed by atoms with Crippen molar-refractivity contribution in [3.05, 3.63) is 64.2 Å². The van der Waals surface area contributed by atoms with Gasteiger partial charge in [0.2, 0.25) is 0 Å². The highest BCUT2D eigenvalue weighted by atomic mass is 35.5. The van der Waals surface area contributed by atoms with Crippen LogP contribution in [-0.4, -0.2) is 13.7 Å². The van der Waals surface area contributed by atoms with Crippen molar-refractivity contribution in [2.75, 3.05) is 13.7 Å². The van der Waals surface area contributed by atoms with Gasteiger partial charge in [-0.2, -0.15) is 0 Å². The minimum absolute atomic E-state index is 0.327. The van der Waals surface area contributed by atoms with E-state index in [0.717, 1.165) is 36.6 Å². The second-order valence-electron chi connectivity index (χ2n) is 5.48. The van der Waals surface area contributed by atoms with E-state index in [1.165, 1.54) is 16.7 Å². The summed E-state index contributed by atoms with van der Waals surface area (Å²) in [5, 5.41) is 4.18. The Balaban J connectivity index is 1.68. The fourth-order valence-electron chi connectivity index (χ4n) is 2.91. The normalized spacial score (nSPS) is 14.6. The van der Waals surface area contributed by atoms with Crippen molar-refractivity contribution in [3.8, 4) is 5.75 Å². The zero-order valence-electron chi connectivity index (χ0n) is 12.2. The molecule has 0 amide bonds. The molecule has 21 heavy (non-hydrogen) atoms. The summed E-state index contributed by atoms with van der Waals surface area (Å²) in [4.78, 5) is 0. The SMILES string of the molecule is CNC(CCc1ccc2c(c1)CCO2)c1cccc(Cl)c1. The van der Waals surface area contributed by atoms with Crippen LogP contribution in [0.2, 0.25) is 5.02 Å². The Morgan fingerprint density at radius 3 is 2.95 bits per heavy atom. The number of benzene rings is 2. The molecule has 0 bridgehead atoms. The van der Waals surface area contributed by atoms with Gasteiger partial charge in [0.1, 0.15) is 5.75 Å². The Kier molecular flexibility index (Phi) is 4.47. The number of nitrogens with one attached hydrogen (secondary N) is 1. The van der Waals surface area contributed by atoms with Gasteiger partial charge in [0, 0.05) is 17.5 Å². The lowest BCUT2D eigenvalue weighted by molar-refractivity contribution is 0.357. The fourth-order valence-corrected chi connectivity index (χ4v) is 3.11. The number of halogens is 1. The van der Waals surface area contributed by atoms with E-state index in [9.17, 15) is 0 Å². The van der Waals surface area contributed by atoms with Crippen LogP contribution < -0.4 is 10.1 Å². The molecule has 110 valence electrons. The van der Waals surface area contributed by atoms with E-state index < -0.39 is 0 Å². The lowest BCUT2D eigenvalue weighted by atomic mass is 9.98. The summed E-state index contributed by atoms with van der Waals surface area (Å²) in [6, 6.07) is 15.0. The van der Waals surface area contributed by atoms with Crippen LogP contribution in [0.5, 0.6) is 5.75 Å². The third kappa shape index (κ3) is 3.39. The molecule has 1 heterocycles. The number of rotatable bonds is 5. The van der Waals surface area contributed by atoms with E-state index >= 15 is 0 Å². The van der Waals surface area contributed by atoms with Crippen LogP contribution in [0.3, 0.4) is 0 Å². The van der Waals surface area contributed by atoms with Crippen LogP contribution in [0.25, 0.3) is 0 Å². The molecule has 1 aliphatic rings. The Hall–Kier alpha value is -1.51. The van der Waals surface area contributed by atoms with Gasteiger partial charge in [-0.3, -0.25) is 0 Å². The third-order valence-electron chi connectivity index (χ3n) is 4.08. The Labute approximate surface area is 131 Å². The van der Waals surface area contributed by atoms with E-state index in [0.29, 0.717) is 6.04 Å². The molecule has 0 fully saturated rings. The minimum atomic E-state index is 0.327. The summed E-state index contributed by atoms with van der Waals surface area (Å²) in [6.07, 6.45) is 3.13. The smallest absolute Gasteiger partial charge is 0.122 e. The van der Waals surface area contributed by atoms with Crippen molar-refractivity contribution < 1.29 is 4.74 Å². The van der Waals surface area contributed by atoms with Crippen molar-refractivity contribution in [1.29, 1.82) is 0 Å². The molecule has 2 aromatic carbocycles. The molecule has 1 unspecified atom stereocenters. The number of ether oxygens (including phenoxy) is 1. The molecule has 0 aromatic heterocycles. The van der Waals surface area contributed by atoms with Crippen LogP contribution in [0.4, 0.5) is 0 Å². The Morgan fingerprint density at radius 2 is 2.14 bits per heavy atom. The first-order valence-electron chi connectivity index (χ1n) is 7.43. The fraction of sp³-hybridized carbons (Fsp3) is 0.333. The van der Waals surface area contributed by atoms with Crippen molar-refractivity contribution in [2.24, 2.45) is 0 Å². The molecule has 0 saturated heterocycles. The van der Waals surface area contributed by atoms with Gasteiger partial charge in [-0.25, -0.2) is 0 Å². The average molecular weight is 302 g/mol. The molecule has 1 atom stereocenters. The van der Waals surface area contributed by atoms with E-state index in [-0.39, 0.29) is 0 Å². The topological polar surface area (TPSA) is 21.3 Å². The summed E-state index contributed by atoms with van der Waals surface area (Å²) in [7, 11) is 2.00. The van der Waals surface area contributed by atoms with E-state index in [2.05, 4.69) is 29.6 Å². The highest BCUT2D eigenvalue weighted by Crippen LogP contribution is 2.27. The van der Waals surface area contributed by atoms with Crippen molar-refractivity contribution in [2.45, 2.75) is 25.3 Å². The lowest BCUT2D eigenvalue weighted by Gasteiger charge is -2.17. The molecule has 0 radical (unpaired) electrons.